The van der Waals surface area contributed by atoms with Crippen LogP contribution in [0.15, 0.2) is 18.5 Å². The Bertz CT molecular complexity index is 556. The summed E-state index contributed by atoms with van der Waals surface area (Å²) in [4.78, 5) is 4.33. The molecule has 0 radical (unpaired) electrons. The van der Waals surface area contributed by atoms with Gasteiger partial charge >= 0.3 is 0 Å². The largest absolute Gasteiger partial charge is 0.391 e. The second kappa shape index (κ2) is 5.17. The smallest absolute Gasteiger partial charge is 0.152 e. The van der Waals surface area contributed by atoms with Gasteiger partial charge in [-0.05, 0) is 12.5 Å². The monoisotopic (exact) mass is 262 g/mol. The van der Waals surface area contributed by atoms with E-state index in [1.807, 2.05) is 23.7 Å². The highest BCUT2D eigenvalue weighted by molar-refractivity contribution is 5.68. The zero-order chi connectivity index (χ0) is 14.0. The van der Waals surface area contributed by atoms with Gasteiger partial charge in [-0.3, -0.25) is 0 Å². The maximum atomic E-state index is 9.61. The molecule has 5 heteroatoms. The maximum Gasteiger partial charge on any atom is 0.152 e. The summed E-state index contributed by atoms with van der Waals surface area (Å²) >= 11 is 0. The molecule has 1 atom stereocenters. The first-order chi connectivity index (χ1) is 8.91. The third-order valence-corrected chi connectivity index (χ3v) is 3.13. The number of hydrogen-bond acceptors (Lipinski definition) is 4. The van der Waals surface area contributed by atoms with E-state index < -0.39 is 0 Å². The van der Waals surface area contributed by atoms with E-state index in [2.05, 4.69) is 36.2 Å². The molecule has 0 bridgehead atoms. The molecule has 2 heterocycles. The number of rotatable bonds is 4. The van der Waals surface area contributed by atoms with Crippen LogP contribution in [0.5, 0.6) is 0 Å². The lowest BCUT2D eigenvalue weighted by molar-refractivity contribution is 0.183. The van der Waals surface area contributed by atoms with E-state index in [4.69, 9.17) is 0 Å². The predicted molar refractivity (Wildman–Crippen MR) is 76.5 cm³/mol. The Hall–Kier alpha value is -1.62. The second-order valence-corrected chi connectivity index (χ2v) is 5.83. The van der Waals surface area contributed by atoms with Gasteiger partial charge in [-0.1, -0.05) is 27.7 Å². The summed E-state index contributed by atoms with van der Waals surface area (Å²) in [6, 6.07) is 2.05. The Kier molecular flexibility index (Phi) is 3.75. The SMILES string of the molecule is CCC(O)CNc1nccn2nc(C(C)(C)C)cc12. The lowest BCUT2D eigenvalue weighted by Crippen LogP contribution is -2.19. The number of anilines is 1. The van der Waals surface area contributed by atoms with Crippen LogP contribution in [-0.2, 0) is 5.41 Å². The summed E-state index contributed by atoms with van der Waals surface area (Å²) in [5, 5.41) is 17.4. The summed E-state index contributed by atoms with van der Waals surface area (Å²) in [6.07, 6.45) is 3.92. The van der Waals surface area contributed by atoms with Crippen molar-refractivity contribution in [3.63, 3.8) is 0 Å². The van der Waals surface area contributed by atoms with Crippen LogP contribution in [0.2, 0.25) is 0 Å². The summed E-state index contributed by atoms with van der Waals surface area (Å²) < 4.78 is 1.83. The van der Waals surface area contributed by atoms with E-state index in [0.717, 1.165) is 23.4 Å². The molecule has 5 nitrogen and oxygen atoms in total. The molecule has 0 aromatic carbocycles. The molecule has 0 saturated heterocycles. The topological polar surface area (TPSA) is 62.5 Å². The molecular formula is C14H22N4O. The van der Waals surface area contributed by atoms with Crippen LogP contribution in [0, 0.1) is 0 Å². The fraction of sp³-hybridized carbons (Fsp3) is 0.571. The van der Waals surface area contributed by atoms with Crippen molar-refractivity contribution in [2.45, 2.75) is 45.6 Å². The van der Waals surface area contributed by atoms with Crippen LogP contribution in [0.1, 0.15) is 39.8 Å². The fourth-order valence-corrected chi connectivity index (χ4v) is 1.78. The lowest BCUT2D eigenvalue weighted by atomic mass is 9.92. The van der Waals surface area contributed by atoms with Crippen molar-refractivity contribution in [1.29, 1.82) is 0 Å². The number of nitrogens with one attached hydrogen (secondary N) is 1. The van der Waals surface area contributed by atoms with Crippen molar-refractivity contribution in [2.75, 3.05) is 11.9 Å². The van der Waals surface area contributed by atoms with Crippen LogP contribution in [-0.4, -0.2) is 32.4 Å². The van der Waals surface area contributed by atoms with Crippen molar-refractivity contribution in [1.82, 2.24) is 14.6 Å². The molecule has 2 aromatic rings. The van der Waals surface area contributed by atoms with Gasteiger partial charge in [0.25, 0.3) is 0 Å². The molecule has 0 aliphatic carbocycles. The van der Waals surface area contributed by atoms with Crippen molar-refractivity contribution in [2.24, 2.45) is 0 Å². The molecule has 0 aliphatic heterocycles. The van der Waals surface area contributed by atoms with Crippen LogP contribution in [0.4, 0.5) is 5.82 Å². The standard InChI is InChI=1S/C14H22N4O/c1-5-10(19)9-16-13-11-8-12(14(2,3)4)17-18(11)7-6-15-13/h6-8,10,19H,5,9H2,1-4H3,(H,15,16). The highest BCUT2D eigenvalue weighted by atomic mass is 16.3. The minimum atomic E-state index is -0.355. The third-order valence-electron chi connectivity index (χ3n) is 3.13. The average molecular weight is 262 g/mol. The minimum Gasteiger partial charge on any atom is -0.391 e. The molecule has 2 N–H and O–H groups in total. The first kappa shape index (κ1) is 13.8. The van der Waals surface area contributed by atoms with E-state index >= 15 is 0 Å². The number of aliphatic hydroxyl groups is 1. The molecule has 19 heavy (non-hydrogen) atoms. The predicted octanol–water partition coefficient (Wildman–Crippen LogP) is 2.21. The molecule has 0 spiro atoms. The van der Waals surface area contributed by atoms with Crippen LogP contribution < -0.4 is 5.32 Å². The molecule has 2 aromatic heterocycles. The highest BCUT2D eigenvalue weighted by Gasteiger charge is 2.19. The quantitative estimate of drug-likeness (QED) is 0.886. The maximum absolute atomic E-state index is 9.61. The van der Waals surface area contributed by atoms with Gasteiger partial charge in [0.2, 0.25) is 0 Å². The third kappa shape index (κ3) is 3.04. The summed E-state index contributed by atoms with van der Waals surface area (Å²) in [6.45, 7) is 8.86. The van der Waals surface area contributed by atoms with Gasteiger partial charge in [-0.15, -0.1) is 0 Å². The van der Waals surface area contributed by atoms with Gasteiger partial charge in [0, 0.05) is 24.4 Å². The summed E-state index contributed by atoms with van der Waals surface area (Å²) in [5.41, 5.74) is 1.97. The van der Waals surface area contributed by atoms with Gasteiger partial charge in [0.15, 0.2) is 5.82 Å². The first-order valence-corrected chi connectivity index (χ1v) is 6.68. The Morgan fingerprint density at radius 3 is 2.79 bits per heavy atom. The van der Waals surface area contributed by atoms with Crippen LogP contribution >= 0.6 is 0 Å². The zero-order valence-corrected chi connectivity index (χ0v) is 12.0. The van der Waals surface area contributed by atoms with Gasteiger partial charge in [-0.25, -0.2) is 9.50 Å². The van der Waals surface area contributed by atoms with E-state index in [1.165, 1.54) is 0 Å². The zero-order valence-electron chi connectivity index (χ0n) is 12.0. The number of hydrogen-bond donors (Lipinski definition) is 2. The molecular weight excluding hydrogens is 240 g/mol. The average Bonchev–Trinajstić information content (AvgIpc) is 2.80. The number of aliphatic hydroxyl groups excluding tert-OH is 1. The van der Waals surface area contributed by atoms with E-state index in [9.17, 15) is 5.11 Å². The lowest BCUT2D eigenvalue weighted by Gasteiger charge is -2.13. The van der Waals surface area contributed by atoms with Crippen molar-refractivity contribution in [3.05, 3.63) is 24.2 Å². The van der Waals surface area contributed by atoms with Gasteiger partial charge < -0.3 is 10.4 Å². The van der Waals surface area contributed by atoms with Crippen LogP contribution in [0.3, 0.4) is 0 Å². The summed E-state index contributed by atoms with van der Waals surface area (Å²) in [5.74, 6) is 0.762. The molecule has 104 valence electrons. The Balaban J connectivity index is 2.32. The molecule has 0 amide bonds. The molecule has 1 unspecified atom stereocenters. The normalized spacial score (nSPS) is 13.7. The van der Waals surface area contributed by atoms with Gasteiger partial charge in [0.1, 0.15) is 5.52 Å². The Morgan fingerprint density at radius 2 is 2.16 bits per heavy atom. The Morgan fingerprint density at radius 1 is 1.42 bits per heavy atom. The first-order valence-electron chi connectivity index (χ1n) is 6.68. The van der Waals surface area contributed by atoms with Crippen LogP contribution in [0.25, 0.3) is 5.52 Å². The van der Waals surface area contributed by atoms with Gasteiger partial charge in [0.05, 0.1) is 11.8 Å². The second-order valence-electron chi connectivity index (χ2n) is 5.83. The van der Waals surface area contributed by atoms with Gasteiger partial charge in [-0.2, -0.15) is 5.10 Å². The van der Waals surface area contributed by atoms with Crippen molar-refractivity contribution in [3.8, 4) is 0 Å². The minimum absolute atomic E-state index is 0.00617. The molecule has 0 aliphatic rings. The number of nitrogens with zero attached hydrogens (tertiary/aromatic N) is 3. The summed E-state index contributed by atoms with van der Waals surface area (Å²) in [7, 11) is 0. The Labute approximate surface area is 113 Å². The van der Waals surface area contributed by atoms with E-state index in [-0.39, 0.29) is 11.5 Å². The van der Waals surface area contributed by atoms with E-state index in [0.29, 0.717) is 6.54 Å². The highest BCUT2D eigenvalue weighted by Crippen LogP contribution is 2.24. The van der Waals surface area contributed by atoms with Crippen molar-refractivity contribution >= 4 is 11.3 Å². The number of fused-ring (bicyclic) bond motifs is 1. The van der Waals surface area contributed by atoms with E-state index in [1.54, 1.807) is 6.20 Å². The fourth-order valence-electron chi connectivity index (χ4n) is 1.78. The molecule has 2 rings (SSSR count). The van der Waals surface area contributed by atoms with Crippen molar-refractivity contribution < 1.29 is 5.11 Å². The number of aromatic nitrogens is 3. The molecule has 0 saturated carbocycles. The molecule has 0 fully saturated rings.